The molecule has 1 aliphatic rings. The Morgan fingerprint density at radius 2 is 1.68 bits per heavy atom. The van der Waals surface area contributed by atoms with Crippen molar-refractivity contribution in [2.24, 2.45) is 0 Å². The number of benzene rings is 3. The highest BCUT2D eigenvalue weighted by molar-refractivity contribution is 6.30. The maximum atomic E-state index is 13.3. The third kappa shape index (κ3) is 5.31. The molecular formula is C32H25ClN4O3. The van der Waals surface area contributed by atoms with Crippen LogP contribution in [0.5, 0.6) is 5.75 Å². The molecule has 0 fully saturated rings. The Labute approximate surface area is 237 Å². The summed E-state index contributed by atoms with van der Waals surface area (Å²) in [6.07, 6.45) is 3.54. The Morgan fingerprint density at radius 1 is 0.975 bits per heavy atom. The number of nitrogens with zero attached hydrogens (tertiary/aromatic N) is 4. The van der Waals surface area contributed by atoms with Crippen LogP contribution in [0.2, 0.25) is 5.02 Å². The van der Waals surface area contributed by atoms with Crippen LogP contribution in [0, 0.1) is 11.3 Å². The van der Waals surface area contributed by atoms with Crippen molar-refractivity contribution in [3.05, 3.63) is 118 Å². The molecular weight excluding hydrogens is 524 g/mol. The summed E-state index contributed by atoms with van der Waals surface area (Å²) in [6.45, 7) is 3.90. The number of hydrogen-bond donors (Lipinski definition) is 0. The second-order valence-corrected chi connectivity index (χ2v) is 9.61. The maximum Gasteiger partial charge on any atom is 0.271 e. The van der Waals surface area contributed by atoms with E-state index in [-0.39, 0.29) is 17.7 Å². The first-order chi connectivity index (χ1) is 19.4. The summed E-state index contributed by atoms with van der Waals surface area (Å²) >= 11 is 5.97. The Bertz CT molecular complexity index is 1680. The molecule has 0 aliphatic carbocycles. The number of nitriles is 1. The van der Waals surface area contributed by atoms with Crippen LogP contribution in [0.25, 0.3) is 23.0 Å². The third-order valence-corrected chi connectivity index (χ3v) is 6.90. The van der Waals surface area contributed by atoms with Gasteiger partial charge in [0, 0.05) is 34.5 Å². The molecule has 0 saturated heterocycles. The van der Waals surface area contributed by atoms with Crippen molar-refractivity contribution < 1.29 is 14.3 Å². The number of imide groups is 1. The zero-order valence-corrected chi connectivity index (χ0v) is 22.7. The van der Waals surface area contributed by atoms with Crippen molar-refractivity contribution in [2.45, 2.75) is 20.5 Å². The number of carbonyl (C=O) groups excluding carboxylic acids is 2. The molecule has 8 heteroatoms. The first-order valence-corrected chi connectivity index (χ1v) is 13.1. The van der Waals surface area contributed by atoms with Gasteiger partial charge in [0.2, 0.25) is 0 Å². The number of halogens is 1. The highest BCUT2D eigenvalue weighted by Gasteiger charge is 2.34. The minimum absolute atomic E-state index is 0.0353. The summed E-state index contributed by atoms with van der Waals surface area (Å²) in [7, 11) is 0. The fraction of sp³-hybridized carbons (Fsp3) is 0.125. The van der Waals surface area contributed by atoms with Crippen molar-refractivity contribution in [1.82, 2.24) is 14.7 Å². The van der Waals surface area contributed by atoms with Crippen LogP contribution in [0.3, 0.4) is 0 Å². The average Bonchev–Trinajstić information content (AvgIpc) is 3.40. The molecule has 0 atom stereocenters. The van der Waals surface area contributed by atoms with Gasteiger partial charge in [0.25, 0.3) is 11.8 Å². The molecule has 1 aromatic heterocycles. The summed E-state index contributed by atoms with van der Waals surface area (Å²) in [5.74, 6) is -0.314. The van der Waals surface area contributed by atoms with E-state index in [0.29, 0.717) is 34.2 Å². The van der Waals surface area contributed by atoms with Crippen LogP contribution in [0.4, 0.5) is 0 Å². The molecule has 0 saturated carbocycles. The van der Waals surface area contributed by atoms with Gasteiger partial charge < -0.3 is 4.74 Å². The zero-order valence-electron chi connectivity index (χ0n) is 22.0. The average molecular weight is 549 g/mol. The van der Waals surface area contributed by atoms with Gasteiger partial charge in [0.15, 0.2) is 0 Å². The van der Waals surface area contributed by atoms with E-state index < -0.39 is 11.8 Å². The van der Waals surface area contributed by atoms with Gasteiger partial charge in [-0.3, -0.25) is 14.5 Å². The fourth-order valence-electron chi connectivity index (χ4n) is 4.46. The monoisotopic (exact) mass is 548 g/mol. The van der Waals surface area contributed by atoms with Crippen LogP contribution in [0.1, 0.15) is 25.0 Å². The molecule has 0 unspecified atom stereocenters. The minimum Gasteiger partial charge on any atom is -0.489 e. The van der Waals surface area contributed by atoms with Crippen molar-refractivity contribution in [2.75, 3.05) is 6.54 Å². The summed E-state index contributed by atoms with van der Waals surface area (Å²) in [4.78, 5) is 27.0. The second kappa shape index (κ2) is 11.4. The lowest BCUT2D eigenvalue weighted by Gasteiger charge is -2.26. The van der Waals surface area contributed by atoms with E-state index in [1.54, 1.807) is 24.6 Å². The number of likely N-dealkylation sites (N-methyl/N-ethyl adjacent to an activating group) is 1. The lowest BCUT2D eigenvalue weighted by molar-refractivity contribution is -0.140. The Hall–Kier alpha value is -4.93. The van der Waals surface area contributed by atoms with E-state index >= 15 is 0 Å². The number of carbonyl (C=O) groups is 2. The molecule has 3 aromatic carbocycles. The molecule has 198 valence electrons. The first-order valence-electron chi connectivity index (χ1n) is 12.7. The lowest BCUT2D eigenvalue weighted by atomic mass is 9.93. The summed E-state index contributed by atoms with van der Waals surface area (Å²) in [5, 5.41) is 15.1. The standard InChI is InChI=1S/C32H25ClN4O3/c1-3-36-31(38)28(21(2)29(18-34)32(36)39)17-24-19-37(26-7-5-4-6-8-26)35-30(24)23-11-15-27(16-12-23)40-20-22-9-13-25(33)14-10-22/h4-17,19H,3,20H2,1-2H3. The molecule has 2 amide bonds. The van der Waals surface area contributed by atoms with Crippen LogP contribution in [0.15, 0.2) is 102 Å². The van der Waals surface area contributed by atoms with Gasteiger partial charge in [-0.2, -0.15) is 10.4 Å². The van der Waals surface area contributed by atoms with E-state index in [1.807, 2.05) is 91.1 Å². The number of ether oxygens (including phenoxy) is 1. The molecule has 1 aliphatic heterocycles. The van der Waals surface area contributed by atoms with Crippen molar-refractivity contribution in [1.29, 1.82) is 5.26 Å². The molecule has 4 aromatic rings. The number of para-hydroxylation sites is 1. The van der Waals surface area contributed by atoms with Crippen molar-refractivity contribution in [3.8, 4) is 28.8 Å². The molecule has 0 N–H and O–H groups in total. The smallest absolute Gasteiger partial charge is 0.271 e. The predicted octanol–water partition coefficient (Wildman–Crippen LogP) is 6.38. The van der Waals surface area contributed by atoms with Crippen LogP contribution >= 0.6 is 11.6 Å². The Kier molecular flexibility index (Phi) is 7.63. The van der Waals surface area contributed by atoms with E-state index in [9.17, 15) is 14.9 Å². The SMILES string of the molecule is CCN1C(=O)C(=Cc2cn(-c3ccccc3)nc2-c2ccc(OCc3ccc(Cl)cc3)cc2)C(C)=C(C#N)C1=O. The summed E-state index contributed by atoms with van der Waals surface area (Å²) < 4.78 is 7.68. The second-order valence-electron chi connectivity index (χ2n) is 9.18. The highest BCUT2D eigenvalue weighted by Crippen LogP contribution is 2.32. The van der Waals surface area contributed by atoms with Crippen molar-refractivity contribution in [3.63, 3.8) is 0 Å². The number of rotatable bonds is 7. The van der Waals surface area contributed by atoms with E-state index in [4.69, 9.17) is 21.4 Å². The molecule has 0 radical (unpaired) electrons. The highest BCUT2D eigenvalue weighted by atomic mass is 35.5. The molecule has 0 spiro atoms. The summed E-state index contributed by atoms with van der Waals surface area (Å²) in [6, 6.07) is 26.6. The maximum absolute atomic E-state index is 13.3. The Morgan fingerprint density at radius 3 is 2.33 bits per heavy atom. The molecule has 40 heavy (non-hydrogen) atoms. The predicted molar refractivity (Wildman–Crippen MR) is 153 cm³/mol. The largest absolute Gasteiger partial charge is 0.489 e. The van der Waals surface area contributed by atoms with Crippen LogP contribution in [-0.4, -0.2) is 33.0 Å². The van der Waals surface area contributed by atoms with Crippen molar-refractivity contribution >= 4 is 29.5 Å². The third-order valence-electron chi connectivity index (χ3n) is 6.65. The van der Waals surface area contributed by atoms with Crippen LogP contribution < -0.4 is 4.74 Å². The first kappa shape index (κ1) is 26.7. The normalized spacial score (nSPS) is 14.6. The number of aromatic nitrogens is 2. The van der Waals surface area contributed by atoms with Gasteiger partial charge in [0.1, 0.15) is 24.0 Å². The van der Waals surface area contributed by atoms with Gasteiger partial charge in [-0.1, -0.05) is 41.9 Å². The van der Waals surface area contributed by atoms with Crippen LogP contribution in [-0.2, 0) is 16.2 Å². The molecule has 5 rings (SSSR count). The quantitative estimate of drug-likeness (QED) is 0.197. The zero-order chi connectivity index (χ0) is 28.2. The van der Waals surface area contributed by atoms with Gasteiger partial charge in [-0.25, -0.2) is 4.68 Å². The summed E-state index contributed by atoms with van der Waals surface area (Å²) in [5.41, 5.74) is 4.58. The van der Waals surface area contributed by atoms with Gasteiger partial charge in [-0.05, 0) is 79.6 Å². The van der Waals surface area contributed by atoms with E-state index in [1.165, 1.54) is 0 Å². The van der Waals surface area contributed by atoms with Gasteiger partial charge in [0.05, 0.1) is 11.4 Å². The van der Waals surface area contributed by atoms with Gasteiger partial charge >= 0.3 is 0 Å². The molecule has 7 nitrogen and oxygen atoms in total. The topological polar surface area (TPSA) is 88.2 Å². The minimum atomic E-state index is -0.570. The number of hydrogen-bond acceptors (Lipinski definition) is 5. The molecule has 0 bridgehead atoms. The molecule has 2 heterocycles. The van der Waals surface area contributed by atoms with E-state index in [0.717, 1.165) is 21.7 Å². The number of amides is 2. The lowest BCUT2D eigenvalue weighted by Crippen LogP contribution is -2.42. The Balaban J connectivity index is 1.53. The van der Waals surface area contributed by atoms with E-state index in [2.05, 4.69) is 0 Å². The van der Waals surface area contributed by atoms with Gasteiger partial charge in [-0.15, -0.1) is 0 Å². The fourth-order valence-corrected chi connectivity index (χ4v) is 4.58.